The minimum atomic E-state index is -0.524. The smallest absolute Gasteiger partial charge is 0.317 e. The number of ether oxygens (including phenoxy) is 2. The molecule has 0 atom stereocenters. The maximum atomic E-state index is 11.6. The van der Waals surface area contributed by atoms with Gasteiger partial charge >= 0.3 is 11.9 Å². The predicted molar refractivity (Wildman–Crippen MR) is 133 cm³/mol. The summed E-state index contributed by atoms with van der Waals surface area (Å²) in [7, 11) is 0. The average molecular weight is 553 g/mol. The van der Waals surface area contributed by atoms with Gasteiger partial charge in [0.25, 0.3) is 0 Å². The molecule has 0 radical (unpaired) electrons. The van der Waals surface area contributed by atoms with E-state index in [2.05, 4.69) is 35.9 Å². The van der Waals surface area contributed by atoms with Crippen LogP contribution in [-0.4, -0.2) is 60.0 Å². The van der Waals surface area contributed by atoms with E-state index >= 15 is 0 Å². The molecule has 0 fully saturated rings. The van der Waals surface area contributed by atoms with Crippen molar-refractivity contribution in [3.63, 3.8) is 0 Å². The highest BCUT2D eigenvalue weighted by Crippen LogP contribution is 2.10. The first kappa shape index (κ1) is 31.9. The van der Waals surface area contributed by atoms with Crippen LogP contribution in [-0.2, 0) is 19.1 Å². The zero-order chi connectivity index (χ0) is 27.1. The Bertz CT molecular complexity index is 942. The van der Waals surface area contributed by atoms with Crippen molar-refractivity contribution in [1.82, 2.24) is 19.9 Å². The molecule has 0 aliphatic carbocycles. The maximum Gasteiger partial charge on any atom is 0.317 e. The summed E-state index contributed by atoms with van der Waals surface area (Å²) in [4.78, 5) is 59.1. The van der Waals surface area contributed by atoms with E-state index in [1.165, 1.54) is 19.3 Å². The first-order chi connectivity index (χ1) is 16.1. The van der Waals surface area contributed by atoms with E-state index < -0.39 is 5.60 Å². The summed E-state index contributed by atoms with van der Waals surface area (Å²) in [5, 5.41) is 0.268. The summed E-state index contributed by atoms with van der Waals surface area (Å²) in [5.41, 5.74) is -0.881. The first-order valence-corrected chi connectivity index (χ1v) is 11.8. The highest BCUT2D eigenvalue weighted by molar-refractivity contribution is 9.09. The fourth-order valence-electron chi connectivity index (χ4n) is 2.01. The van der Waals surface area contributed by atoms with Crippen LogP contribution in [0.2, 0.25) is 0 Å². The molecule has 0 aliphatic rings. The molecule has 192 valence electrons. The lowest BCUT2D eigenvalue weighted by atomic mass is 10.1. The van der Waals surface area contributed by atoms with Crippen molar-refractivity contribution >= 4 is 39.4 Å². The number of hydrogen-bond acceptors (Lipinski definition) is 10. The molecule has 0 saturated carbocycles. The van der Waals surface area contributed by atoms with Crippen LogP contribution >= 0.6 is 15.9 Å². The lowest BCUT2D eigenvalue weighted by molar-refractivity contribution is -0.155. The SMILES string of the molecule is CC(=O)c1ncccn1.CC(C)(C)OC(=O)CBr.CC(C)(C)OC(=O)CCC(=O)c1ncccn1. The van der Waals surface area contributed by atoms with Crippen molar-refractivity contribution in [1.29, 1.82) is 0 Å². The summed E-state index contributed by atoms with van der Waals surface area (Å²) < 4.78 is 9.99. The molecule has 0 saturated heterocycles. The molecular weight excluding hydrogens is 520 g/mol. The fourth-order valence-corrected chi connectivity index (χ4v) is 2.13. The minimum absolute atomic E-state index is 0.0500. The number of halogens is 1. The monoisotopic (exact) mass is 552 g/mol. The van der Waals surface area contributed by atoms with E-state index in [0.717, 1.165) is 0 Å². The highest BCUT2D eigenvalue weighted by atomic mass is 79.9. The number of aromatic nitrogens is 4. The van der Waals surface area contributed by atoms with Gasteiger partial charge < -0.3 is 9.47 Å². The third-order valence-electron chi connectivity index (χ3n) is 3.20. The van der Waals surface area contributed by atoms with Crippen LogP contribution in [0.3, 0.4) is 0 Å². The van der Waals surface area contributed by atoms with Crippen LogP contribution in [0.1, 0.15) is 82.5 Å². The molecular formula is C24H33BrN4O6. The zero-order valence-electron chi connectivity index (χ0n) is 21.2. The van der Waals surface area contributed by atoms with Gasteiger partial charge in [-0.05, 0) is 53.7 Å². The zero-order valence-corrected chi connectivity index (χ0v) is 22.8. The number of alkyl halides is 1. The number of ketones is 2. The van der Waals surface area contributed by atoms with E-state index in [1.54, 1.807) is 45.3 Å². The van der Waals surface area contributed by atoms with Gasteiger partial charge in [-0.3, -0.25) is 19.2 Å². The molecule has 0 unspecified atom stereocenters. The lowest BCUT2D eigenvalue weighted by Crippen LogP contribution is -2.24. The Morgan fingerprint density at radius 2 is 1.11 bits per heavy atom. The van der Waals surface area contributed by atoms with Crippen LogP contribution in [0, 0.1) is 0 Å². The molecule has 11 heteroatoms. The van der Waals surface area contributed by atoms with Crippen molar-refractivity contribution in [3.8, 4) is 0 Å². The van der Waals surface area contributed by atoms with Crippen LogP contribution in [0.5, 0.6) is 0 Å². The number of carbonyl (C=O) groups excluding carboxylic acids is 4. The number of esters is 2. The second kappa shape index (κ2) is 15.8. The molecule has 2 rings (SSSR count). The quantitative estimate of drug-likeness (QED) is 0.291. The van der Waals surface area contributed by atoms with Gasteiger partial charge in [-0.25, -0.2) is 19.9 Å². The van der Waals surface area contributed by atoms with E-state index in [4.69, 9.17) is 9.47 Å². The summed E-state index contributed by atoms with van der Waals surface area (Å²) in [6.07, 6.45) is 6.20. The lowest BCUT2D eigenvalue weighted by Gasteiger charge is -2.19. The van der Waals surface area contributed by atoms with Crippen molar-refractivity contribution in [2.24, 2.45) is 0 Å². The van der Waals surface area contributed by atoms with Gasteiger partial charge in [-0.1, -0.05) is 15.9 Å². The Balaban J connectivity index is 0.000000543. The van der Waals surface area contributed by atoms with Gasteiger partial charge in [0.05, 0.1) is 6.42 Å². The van der Waals surface area contributed by atoms with Crippen LogP contribution < -0.4 is 0 Å². The van der Waals surface area contributed by atoms with Crippen molar-refractivity contribution in [2.75, 3.05) is 5.33 Å². The predicted octanol–water partition coefficient (Wildman–Crippen LogP) is 4.18. The van der Waals surface area contributed by atoms with Gasteiger partial charge in [0.15, 0.2) is 17.4 Å². The Labute approximate surface area is 214 Å². The van der Waals surface area contributed by atoms with Gasteiger partial charge in [0.1, 0.15) is 16.5 Å². The summed E-state index contributed by atoms with van der Waals surface area (Å²) in [5.74, 6) is -0.551. The van der Waals surface area contributed by atoms with E-state index in [1.807, 2.05) is 20.8 Å². The molecule has 2 aromatic rings. The van der Waals surface area contributed by atoms with Crippen LogP contribution in [0.4, 0.5) is 0 Å². The molecule has 0 aliphatic heterocycles. The largest absolute Gasteiger partial charge is 0.460 e. The summed E-state index contributed by atoms with van der Waals surface area (Å²) >= 11 is 2.99. The van der Waals surface area contributed by atoms with Crippen molar-refractivity contribution in [2.45, 2.75) is 72.5 Å². The van der Waals surface area contributed by atoms with Gasteiger partial charge in [0, 0.05) is 38.1 Å². The fraction of sp³-hybridized carbons (Fsp3) is 0.500. The Morgan fingerprint density at radius 1 is 0.714 bits per heavy atom. The number of rotatable bonds is 6. The summed E-state index contributed by atoms with van der Waals surface area (Å²) in [6, 6.07) is 3.30. The number of Topliss-reactive ketones (excluding diaryl/α,β-unsaturated/α-hetero) is 2. The Morgan fingerprint density at radius 3 is 1.43 bits per heavy atom. The molecule has 10 nitrogen and oxygen atoms in total. The topological polar surface area (TPSA) is 138 Å². The summed E-state index contributed by atoms with van der Waals surface area (Å²) in [6.45, 7) is 12.3. The first-order valence-electron chi connectivity index (χ1n) is 10.7. The van der Waals surface area contributed by atoms with Gasteiger partial charge in [0.2, 0.25) is 5.78 Å². The molecule has 0 amide bonds. The van der Waals surface area contributed by atoms with E-state index in [-0.39, 0.29) is 58.9 Å². The normalized spacial score (nSPS) is 10.5. The average Bonchev–Trinajstić information content (AvgIpc) is 2.77. The second-order valence-corrected chi connectivity index (χ2v) is 9.49. The van der Waals surface area contributed by atoms with Crippen LogP contribution in [0.15, 0.2) is 36.9 Å². The number of nitrogens with zero attached hydrogens (tertiary/aromatic N) is 4. The molecule has 0 aromatic carbocycles. The molecule has 0 N–H and O–H groups in total. The van der Waals surface area contributed by atoms with Gasteiger partial charge in [-0.2, -0.15) is 0 Å². The number of carbonyl (C=O) groups is 4. The minimum Gasteiger partial charge on any atom is -0.460 e. The third-order valence-corrected chi connectivity index (χ3v) is 3.66. The van der Waals surface area contributed by atoms with Crippen molar-refractivity contribution in [3.05, 3.63) is 48.6 Å². The molecule has 2 heterocycles. The van der Waals surface area contributed by atoms with E-state index in [0.29, 0.717) is 0 Å². The van der Waals surface area contributed by atoms with Crippen LogP contribution in [0.25, 0.3) is 0 Å². The molecule has 2 aromatic heterocycles. The Kier molecular flexibility index (Phi) is 14.4. The van der Waals surface area contributed by atoms with Gasteiger partial charge in [-0.15, -0.1) is 0 Å². The van der Waals surface area contributed by atoms with E-state index in [9.17, 15) is 19.2 Å². The van der Waals surface area contributed by atoms with Crippen molar-refractivity contribution < 1.29 is 28.7 Å². The molecule has 0 spiro atoms. The number of hydrogen-bond donors (Lipinski definition) is 0. The highest BCUT2D eigenvalue weighted by Gasteiger charge is 2.18. The molecule has 35 heavy (non-hydrogen) atoms. The standard InChI is InChI=1S/C12H16N2O3.C6H11BrO2.C6H6N2O/c1-12(2,3)17-10(16)6-5-9(15)11-13-7-4-8-14-11;1-6(2,3)9-5(8)4-7;1-5(9)6-7-3-2-4-8-6/h4,7-8H,5-6H2,1-3H3;4H2,1-3H3;2-4H,1H3. The Hall–Kier alpha value is -3.08. The third kappa shape index (κ3) is 18.0. The molecule has 0 bridgehead atoms. The second-order valence-electron chi connectivity index (χ2n) is 8.93. The maximum absolute atomic E-state index is 11.6.